The Morgan fingerprint density at radius 2 is 1.88 bits per heavy atom. The molecule has 1 aromatic heterocycles. The lowest BCUT2D eigenvalue weighted by Gasteiger charge is -2.15. The van der Waals surface area contributed by atoms with Gasteiger partial charge in [-0.3, -0.25) is 9.59 Å². The minimum atomic E-state index is -0.458. The lowest BCUT2D eigenvalue weighted by atomic mass is 9.96. The Balaban J connectivity index is 1.75. The number of benzene rings is 1. The van der Waals surface area contributed by atoms with Crippen molar-refractivity contribution in [2.45, 2.75) is 26.5 Å². The van der Waals surface area contributed by atoms with E-state index in [1.54, 1.807) is 31.4 Å². The summed E-state index contributed by atoms with van der Waals surface area (Å²) in [5.41, 5.74) is 1.12. The second-order valence-electron chi connectivity index (χ2n) is 6.62. The van der Waals surface area contributed by atoms with E-state index in [2.05, 4.69) is 15.6 Å². The van der Waals surface area contributed by atoms with Crippen LogP contribution in [0.15, 0.2) is 29.6 Å². The van der Waals surface area contributed by atoms with Gasteiger partial charge in [0.1, 0.15) is 5.75 Å². The molecule has 2 N–H and O–H groups in total. The normalized spacial score (nSPS) is 11.1. The van der Waals surface area contributed by atoms with Crippen molar-refractivity contribution >= 4 is 45.7 Å². The van der Waals surface area contributed by atoms with Gasteiger partial charge in [-0.1, -0.05) is 20.8 Å². The number of nitrogens with one attached hydrogen (secondary N) is 2. The van der Waals surface area contributed by atoms with Gasteiger partial charge in [0.05, 0.1) is 18.6 Å². The number of carbonyl (C=O) groups is 2. The zero-order chi connectivity index (χ0) is 19.2. The quantitative estimate of drug-likeness (QED) is 0.743. The zero-order valence-electron chi connectivity index (χ0n) is 15.3. The number of hydrogen-bond donors (Lipinski definition) is 2. The Kier molecular flexibility index (Phi) is 7.05. The Morgan fingerprint density at radius 1 is 1.19 bits per heavy atom. The molecule has 1 heterocycles. The molecule has 0 fully saturated rings. The van der Waals surface area contributed by atoms with Crippen molar-refractivity contribution in [3.63, 3.8) is 0 Å². The number of nitrogens with zero attached hydrogens (tertiary/aromatic N) is 1. The second-order valence-corrected chi connectivity index (χ2v) is 8.46. The van der Waals surface area contributed by atoms with Gasteiger partial charge >= 0.3 is 0 Å². The van der Waals surface area contributed by atoms with E-state index in [1.165, 1.54) is 23.1 Å². The highest BCUT2D eigenvalue weighted by atomic mass is 32.2. The summed E-state index contributed by atoms with van der Waals surface area (Å²) in [7, 11) is 1.60. The molecule has 26 heavy (non-hydrogen) atoms. The summed E-state index contributed by atoms with van der Waals surface area (Å²) in [6.45, 7) is 5.57. The molecule has 0 aliphatic carbocycles. The van der Waals surface area contributed by atoms with Gasteiger partial charge < -0.3 is 15.4 Å². The van der Waals surface area contributed by atoms with E-state index in [-0.39, 0.29) is 11.8 Å². The summed E-state index contributed by atoms with van der Waals surface area (Å²) in [6, 6.07) is 7.19. The minimum absolute atomic E-state index is 0.0649. The Hall–Kier alpha value is -2.06. The molecule has 0 atom stereocenters. The number of rotatable bonds is 7. The largest absolute Gasteiger partial charge is 0.497 e. The Labute approximate surface area is 161 Å². The molecule has 0 spiro atoms. The van der Waals surface area contributed by atoms with Crippen LogP contribution in [0.4, 0.5) is 10.8 Å². The first-order valence-corrected chi connectivity index (χ1v) is 10.1. The molecule has 2 amide bonds. The molecule has 0 saturated carbocycles. The van der Waals surface area contributed by atoms with Gasteiger partial charge in [0.25, 0.3) is 0 Å². The van der Waals surface area contributed by atoms with Crippen molar-refractivity contribution in [2.24, 2.45) is 5.41 Å². The number of thioether (sulfide) groups is 1. The van der Waals surface area contributed by atoms with Crippen molar-refractivity contribution in [3.8, 4) is 5.75 Å². The molecule has 6 nitrogen and oxygen atoms in total. The maximum Gasteiger partial charge on any atom is 0.234 e. The van der Waals surface area contributed by atoms with E-state index < -0.39 is 5.41 Å². The molecule has 0 bridgehead atoms. The van der Waals surface area contributed by atoms with E-state index >= 15 is 0 Å². The van der Waals surface area contributed by atoms with E-state index in [4.69, 9.17) is 4.74 Å². The van der Waals surface area contributed by atoms with Crippen molar-refractivity contribution in [2.75, 3.05) is 23.5 Å². The summed E-state index contributed by atoms with van der Waals surface area (Å²) in [4.78, 5) is 28.3. The van der Waals surface area contributed by atoms with E-state index in [1.807, 2.05) is 26.2 Å². The molecule has 2 rings (SSSR count). The summed E-state index contributed by atoms with van der Waals surface area (Å²) in [5.74, 6) is 1.54. The third-order valence-electron chi connectivity index (χ3n) is 3.31. The number of anilines is 2. The predicted molar refractivity (Wildman–Crippen MR) is 108 cm³/mol. The van der Waals surface area contributed by atoms with Gasteiger partial charge in [-0.25, -0.2) is 4.98 Å². The molecule has 0 aliphatic heterocycles. The van der Waals surface area contributed by atoms with Crippen LogP contribution in [0.2, 0.25) is 0 Å². The molecule has 0 aliphatic rings. The first kappa shape index (κ1) is 20.3. The van der Waals surface area contributed by atoms with Crippen LogP contribution in [0.25, 0.3) is 0 Å². The lowest BCUT2D eigenvalue weighted by Crippen LogP contribution is -2.27. The Morgan fingerprint density at radius 3 is 2.50 bits per heavy atom. The predicted octanol–water partition coefficient (Wildman–Crippen LogP) is 4.01. The van der Waals surface area contributed by atoms with E-state index in [0.717, 1.165) is 17.1 Å². The van der Waals surface area contributed by atoms with Gasteiger partial charge in [-0.2, -0.15) is 0 Å². The number of hydrogen-bond acceptors (Lipinski definition) is 6. The average Bonchev–Trinajstić information content (AvgIpc) is 3.02. The molecule has 2 aromatic rings. The minimum Gasteiger partial charge on any atom is -0.497 e. The highest BCUT2D eigenvalue weighted by Gasteiger charge is 2.22. The first-order valence-electron chi connectivity index (χ1n) is 8.05. The van der Waals surface area contributed by atoms with Crippen LogP contribution in [-0.4, -0.2) is 29.7 Å². The maximum atomic E-state index is 12.0. The zero-order valence-corrected chi connectivity index (χ0v) is 16.9. The van der Waals surface area contributed by atoms with Crippen LogP contribution < -0.4 is 15.4 Å². The van der Waals surface area contributed by atoms with Crippen LogP contribution in [0, 0.1) is 5.41 Å². The first-order chi connectivity index (χ1) is 12.3. The van der Waals surface area contributed by atoms with Crippen LogP contribution in [-0.2, 0) is 15.3 Å². The lowest BCUT2D eigenvalue weighted by molar-refractivity contribution is -0.123. The third-order valence-corrected chi connectivity index (χ3v) is 5.08. The smallest absolute Gasteiger partial charge is 0.234 e. The molecular formula is C18H23N3O3S2. The number of thiazole rings is 1. The van der Waals surface area contributed by atoms with Crippen LogP contribution >= 0.6 is 23.1 Å². The highest BCUT2D eigenvalue weighted by molar-refractivity contribution is 7.99. The molecule has 1 aromatic carbocycles. The second kappa shape index (κ2) is 9.05. The van der Waals surface area contributed by atoms with Gasteiger partial charge in [0.15, 0.2) is 5.13 Å². The summed E-state index contributed by atoms with van der Waals surface area (Å²) in [5, 5.41) is 8.13. The Bertz CT molecular complexity index is 752. The van der Waals surface area contributed by atoms with Crippen LogP contribution in [0.3, 0.4) is 0 Å². The number of ether oxygens (including phenoxy) is 1. The average molecular weight is 394 g/mol. The highest BCUT2D eigenvalue weighted by Crippen LogP contribution is 2.23. The van der Waals surface area contributed by atoms with Crippen molar-refractivity contribution < 1.29 is 14.3 Å². The fourth-order valence-electron chi connectivity index (χ4n) is 1.84. The maximum absolute atomic E-state index is 12.0. The van der Waals surface area contributed by atoms with Gasteiger partial charge in [-0.15, -0.1) is 23.1 Å². The van der Waals surface area contributed by atoms with Crippen LogP contribution in [0.5, 0.6) is 5.75 Å². The van der Waals surface area contributed by atoms with Gasteiger partial charge in [0.2, 0.25) is 11.8 Å². The molecule has 0 radical (unpaired) electrons. The monoisotopic (exact) mass is 393 g/mol. The molecule has 0 unspecified atom stereocenters. The van der Waals surface area contributed by atoms with Crippen LogP contribution in [0.1, 0.15) is 26.5 Å². The number of carbonyl (C=O) groups excluding carboxylic acids is 2. The summed E-state index contributed by atoms with van der Waals surface area (Å²) in [6.07, 6.45) is 0. The summed E-state index contributed by atoms with van der Waals surface area (Å²) >= 11 is 2.86. The molecule has 8 heteroatoms. The number of methoxy groups -OCH3 is 1. The topological polar surface area (TPSA) is 80.3 Å². The van der Waals surface area contributed by atoms with Gasteiger partial charge in [-0.05, 0) is 24.3 Å². The standard InChI is InChI=1S/C18H23N3O3S2/c1-18(2,3)16(23)21-17-20-13(10-26-17)9-25-11-15(22)19-12-5-7-14(24-4)8-6-12/h5-8,10H,9,11H2,1-4H3,(H,19,22)(H,20,21,23). The number of amides is 2. The SMILES string of the molecule is COc1ccc(NC(=O)CSCc2csc(NC(=O)C(C)(C)C)n2)cc1. The van der Waals surface area contributed by atoms with Crippen molar-refractivity contribution in [1.82, 2.24) is 4.98 Å². The van der Waals surface area contributed by atoms with Crippen molar-refractivity contribution in [3.05, 3.63) is 35.3 Å². The molecule has 140 valence electrons. The fourth-order valence-corrected chi connectivity index (χ4v) is 3.36. The molecular weight excluding hydrogens is 370 g/mol. The third kappa shape index (κ3) is 6.34. The summed E-state index contributed by atoms with van der Waals surface area (Å²) < 4.78 is 5.08. The number of aromatic nitrogens is 1. The fraction of sp³-hybridized carbons (Fsp3) is 0.389. The van der Waals surface area contributed by atoms with E-state index in [0.29, 0.717) is 16.6 Å². The molecule has 0 saturated heterocycles. The van der Waals surface area contributed by atoms with Gasteiger partial charge in [0, 0.05) is 22.2 Å². The van der Waals surface area contributed by atoms with Crippen molar-refractivity contribution in [1.29, 1.82) is 0 Å². The van der Waals surface area contributed by atoms with E-state index in [9.17, 15) is 9.59 Å².